The molecule has 3 aliphatic rings. The summed E-state index contributed by atoms with van der Waals surface area (Å²) in [4.78, 5) is 19.1. The van der Waals surface area contributed by atoms with E-state index < -0.39 is 27.0 Å². The first-order valence-electron chi connectivity index (χ1n) is 14.0. The van der Waals surface area contributed by atoms with Crippen LogP contribution in [0.5, 0.6) is 0 Å². The van der Waals surface area contributed by atoms with Crippen molar-refractivity contribution in [1.29, 1.82) is 0 Å². The molecule has 11 nitrogen and oxygen atoms in total. The van der Waals surface area contributed by atoms with Gasteiger partial charge in [-0.05, 0) is 44.7 Å². The molecule has 3 heterocycles. The number of aromatic nitrogens is 4. The number of hydrogen-bond acceptors (Lipinski definition) is 8. The van der Waals surface area contributed by atoms with Crippen LogP contribution in [0.15, 0.2) is 23.2 Å². The van der Waals surface area contributed by atoms with Crippen molar-refractivity contribution >= 4 is 44.0 Å². The molecule has 41 heavy (non-hydrogen) atoms. The number of fused-ring (bicyclic) bond motifs is 1. The van der Waals surface area contributed by atoms with Crippen LogP contribution in [0, 0.1) is 0 Å². The number of carbonyl (C=O) groups excluding carboxylic acids is 1. The third kappa shape index (κ3) is 5.63. The van der Waals surface area contributed by atoms with Crippen LogP contribution in [0.4, 0.5) is 19.3 Å². The van der Waals surface area contributed by atoms with E-state index in [0.29, 0.717) is 54.1 Å². The van der Waals surface area contributed by atoms with Gasteiger partial charge >= 0.3 is 6.03 Å². The zero-order chi connectivity index (χ0) is 28.9. The van der Waals surface area contributed by atoms with Crippen molar-refractivity contribution < 1.29 is 22.0 Å². The Morgan fingerprint density at radius 3 is 2.46 bits per heavy atom. The summed E-state index contributed by atoms with van der Waals surface area (Å²) in [5.41, 5.74) is 0.605. The molecule has 0 atom stereocenters. The van der Waals surface area contributed by atoms with E-state index in [1.165, 1.54) is 17.2 Å². The molecule has 0 radical (unpaired) electrons. The summed E-state index contributed by atoms with van der Waals surface area (Å²) in [6.07, 6.45) is 5.91. The Balaban J connectivity index is 1.30. The fraction of sp³-hybridized carbons (Fsp3) is 0.615. The number of carbonyl (C=O) groups is 1. The highest BCUT2D eigenvalue weighted by atomic mass is 32.2. The highest BCUT2D eigenvalue weighted by molar-refractivity contribution is 7.89. The van der Waals surface area contributed by atoms with Crippen molar-refractivity contribution in [3.8, 4) is 5.13 Å². The van der Waals surface area contributed by atoms with E-state index >= 15 is 0 Å². The van der Waals surface area contributed by atoms with Crippen molar-refractivity contribution in [3.05, 3.63) is 23.3 Å². The van der Waals surface area contributed by atoms with Gasteiger partial charge < -0.3 is 14.7 Å². The molecule has 1 aliphatic heterocycles. The number of hydrogen-bond donors (Lipinski definition) is 1. The molecular formula is C26H34F2N8O3S2. The molecule has 222 valence electrons. The van der Waals surface area contributed by atoms with E-state index in [-0.39, 0.29) is 22.1 Å². The molecule has 2 amide bonds. The van der Waals surface area contributed by atoms with E-state index in [0.717, 1.165) is 38.5 Å². The van der Waals surface area contributed by atoms with E-state index in [4.69, 9.17) is 0 Å². The second-order valence-corrected chi connectivity index (χ2v) is 14.2. The number of piperazine rings is 1. The number of amides is 2. The van der Waals surface area contributed by atoms with Gasteiger partial charge in [0.05, 0.1) is 16.6 Å². The summed E-state index contributed by atoms with van der Waals surface area (Å²) in [6, 6.07) is 3.44. The molecule has 2 aliphatic carbocycles. The second-order valence-electron chi connectivity index (χ2n) is 11.5. The lowest BCUT2D eigenvalue weighted by Crippen LogP contribution is -2.54. The quantitative estimate of drug-likeness (QED) is 0.428. The largest absolute Gasteiger partial charge is 0.367 e. The maximum Gasteiger partial charge on any atom is 0.320 e. The van der Waals surface area contributed by atoms with Crippen LogP contribution in [0.25, 0.3) is 16.0 Å². The van der Waals surface area contributed by atoms with Crippen LogP contribution < -0.4 is 9.62 Å². The normalized spacial score (nSPS) is 19.7. The van der Waals surface area contributed by atoms with Crippen LogP contribution in [0.2, 0.25) is 0 Å². The van der Waals surface area contributed by atoms with Gasteiger partial charge in [0, 0.05) is 55.9 Å². The average Bonchev–Trinajstić information content (AvgIpc) is 3.32. The lowest BCUT2D eigenvalue weighted by atomic mass is 9.95. The number of halogens is 2. The number of benzene rings is 1. The highest BCUT2D eigenvalue weighted by Crippen LogP contribution is 2.38. The first-order valence-corrected chi connectivity index (χ1v) is 16.3. The minimum absolute atomic E-state index is 0.0267. The molecule has 1 aromatic carbocycles. The SMILES string of the molecule is CN(C(=O)N1CCN(c2cc(S(=O)(=O)NC3(C)CC3)cc3c2cnn3-c2nnc(C(F)F)s2)CC1)C1CCCCC1. The third-order valence-corrected chi connectivity index (χ3v) is 11.0. The molecular weight excluding hydrogens is 574 g/mol. The van der Waals surface area contributed by atoms with Crippen LogP contribution in [0.1, 0.15) is 63.3 Å². The molecule has 2 aromatic heterocycles. The Morgan fingerprint density at radius 2 is 1.83 bits per heavy atom. The van der Waals surface area contributed by atoms with E-state index in [1.54, 1.807) is 12.3 Å². The summed E-state index contributed by atoms with van der Waals surface area (Å²) in [7, 11) is -2.00. The van der Waals surface area contributed by atoms with Crippen LogP contribution in [0.3, 0.4) is 0 Å². The van der Waals surface area contributed by atoms with Gasteiger partial charge in [-0.3, -0.25) is 0 Å². The number of sulfonamides is 1. The van der Waals surface area contributed by atoms with Gasteiger partial charge in [0.1, 0.15) is 0 Å². The molecule has 0 unspecified atom stereocenters. The topological polar surface area (TPSA) is 117 Å². The summed E-state index contributed by atoms with van der Waals surface area (Å²) < 4.78 is 57.5. The van der Waals surface area contributed by atoms with Gasteiger partial charge in [0.15, 0.2) is 5.01 Å². The standard InChI is InChI=1S/C26H34F2N8O3S2/c1-26(8-9-26)32-41(38,39)18-14-20(19-16-29-36(21(19)15-18)24-31-30-23(40-24)22(27)28)34-10-12-35(13-11-34)25(37)33(2)17-6-4-3-5-7-17/h14-17,22,32H,3-13H2,1-2H3. The average molecular weight is 609 g/mol. The molecule has 0 bridgehead atoms. The van der Waals surface area contributed by atoms with E-state index in [2.05, 4.69) is 24.9 Å². The zero-order valence-corrected chi connectivity index (χ0v) is 24.7. The van der Waals surface area contributed by atoms with Crippen molar-refractivity contribution in [1.82, 2.24) is 34.5 Å². The summed E-state index contributed by atoms with van der Waals surface area (Å²) >= 11 is 0.707. The number of anilines is 1. The van der Waals surface area contributed by atoms with Crippen LogP contribution >= 0.6 is 11.3 Å². The molecule has 1 saturated heterocycles. The molecule has 0 spiro atoms. The summed E-state index contributed by atoms with van der Waals surface area (Å²) in [5, 5.41) is 12.2. The Morgan fingerprint density at radius 1 is 1.12 bits per heavy atom. The number of nitrogens with zero attached hydrogens (tertiary/aromatic N) is 7. The van der Waals surface area contributed by atoms with Crippen molar-refractivity contribution in [2.75, 3.05) is 38.1 Å². The monoisotopic (exact) mass is 608 g/mol. The molecule has 2 saturated carbocycles. The van der Waals surface area contributed by atoms with Gasteiger partial charge in [-0.1, -0.05) is 30.6 Å². The number of urea groups is 1. The molecule has 3 fully saturated rings. The first-order chi connectivity index (χ1) is 19.5. The van der Waals surface area contributed by atoms with Crippen LogP contribution in [-0.4, -0.2) is 89.0 Å². The van der Waals surface area contributed by atoms with Gasteiger partial charge in [-0.25, -0.2) is 31.4 Å². The smallest absolute Gasteiger partial charge is 0.320 e. The zero-order valence-electron chi connectivity index (χ0n) is 23.1. The van der Waals surface area contributed by atoms with E-state index in [9.17, 15) is 22.0 Å². The minimum Gasteiger partial charge on any atom is -0.367 e. The highest BCUT2D eigenvalue weighted by Gasteiger charge is 2.41. The second kappa shape index (κ2) is 10.7. The van der Waals surface area contributed by atoms with Crippen molar-refractivity contribution in [2.45, 2.75) is 74.8 Å². The van der Waals surface area contributed by atoms with Gasteiger partial charge in [0.2, 0.25) is 15.2 Å². The predicted octanol–water partition coefficient (Wildman–Crippen LogP) is 4.15. The Hall–Kier alpha value is -2.91. The molecule has 6 rings (SSSR count). The van der Waals surface area contributed by atoms with Crippen molar-refractivity contribution in [2.24, 2.45) is 0 Å². The summed E-state index contributed by atoms with van der Waals surface area (Å²) in [6.45, 7) is 3.86. The minimum atomic E-state index is -3.88. The maximum atomic E-state index is 13.5. The number of nitrogens with one attached hydrogen (secondary N) is 1. The third-order valence-electron chi connectivity index (χ3n) is 8.44. The predicted molar refractivity (Wildman–Crippen MR) is 151 cm³/mol. The number of rotatable bonds is 7. The van der Waals surface area contributed by atoms with Crippen LogP contribution in [-0.2, 0) is 10.0 Å². The lowest BCUT2D eigenvalue weighted by molar-refractivity contribution is 0.132. The van der Waals surface area contributed by atoms with Gasteiger partial charge in [-0.2, -0.15) is 5.10 Å². The lowest BCUT2D eigenvalue weighted by Gasteiger charge is -2.40. The van der Waals surface area contributed by atoms with Crippen molar-refractivity contribution in [3.63, 3.8) is 0 Å². The molecule has 3 aromatic rings. The fourth-order valence-electron chi connectivity index (χ4n) is 5.71. The van der Waals surface area contributed by atoms with Gasteiger partial charge in [-0.15, -0.1) is 10.2 Å². The Labute approximate surface area is 241 Å². The van der Waals surface area contributed by atoms with E-state index in [1.807, 2.05) is 23.8 Å². The first kappa shape index (κ1) is 28.2. The Bertz CT molecular complexity index is 1540. The van der Waals surface area contributed by atoms with Gasteiger partial charge in [0.25, 0.3) is 6.43 Å². The Kier molecular flexibility index (Phi) is 7.39. The number of alkyl halides is 2. The molecule has 1 N–H and O–H groups in total. The maximum absolute atomic E-state index is 13.5. The molecule has 15 heteroatoms. The summed E-state index contributed by atoms with van der Waals surface area (Å²) in [5.74, 6) is 0. The fourth-order valence-corrected chi connectivity index (χ4v) is 7.89.